The molecule has 2 amide bonds. The fraction of sp³-hybridized carbons (Fsp3) is 0.375. The Hall–Kier alpha value is -3.93. The average Bonchev–Trinajstić information content (AvgIpc) is 3.57. The van der Waals surface area contributed by atoms with Crippen LogP contribution < -0.4 is 13.8 Å². The van der Waals surface area contributed by atoms with E-state index in [0.29, 0.717) is 48.6 Å². The Morgan fingerprint density at radius 1 is 0.953 bits per heavy atom. The van der Waals surface area contributed by atoms with Gasteiger partial charge >= 0.3 is 0 Å². The van der Waals surface area contributed by atoms with Crippen LogP contribution in [0.3, 0.4) is 0 Å². The number of benzene rings is 3. The van der Waals surface area contributed by atoms with Crippen LogP contribution in [0.1, 0.15) is 29.5 Å². The van der Waals surface area contributed by atoms with Crippen molar-refractivity contribution in [3.63, 3.8) is 0 Å². The minimum atomic E-state index is -4.37. The number of para-hydroxylation sites is 1. The molecule has 1 fully saturated rings. The number of sulfonamides is 1. The van der Waals surface area contributed by atoms with E-state index < -0.39 is 27.5 Å². The third-order valence-corrected chi connectivity index (χ3v) is 9.88. The highest BCUT2D eigenvalue weighted by atomic mass is 32.2. The van der Waals surface area contributed by atoms with Crippen LogP contribution in [0, 0.1) is 0 Å². The molecule has 43 heavy (non-hydrogen) atoms. The van der Waals surface area contributed by atoms with E-state index in [9.17, 15) is 13.2 Å². The Morgan fingerprint density at radius 3 is 2.28 bits per heavy atom. The highest BCUT2D eigenvalue weighted by Gasteiger charge is 2.62. The second-order valence-corrected chi connectivity index (χ2v) is 13.1. The quantitative estimate of drug-likeness (QED) is 0.366. The second kappa shape index (κ2) is 11.6. The molecule has 1 unspecified atom stereocenters. The molecule has 5 rings (SSSR count). The summed E-state index contributed by atoms with van der Waals surface area (Å²) in [5.74, 6) is 0.101. The van der Waals surface area contributed by atoms with Crippen LogP contribution in [0.5, 0.6) is 11.5 Å². The van der Waals surface area contributed by atoms with E-state index in [-0.39, 0.29) is 16.5 Å². The minimum absolute atomic E-state index is 0.0529. The van der Waals surface area contributed by atoms with Crippen LogP contribution in [0.25, 0.3) is 0 Å². The molecule has 2 heterocycles. The Bertz CT molecular complexity index is 1640. The lowest BCUT2D eigenvalue weighted by Gasteiger charge is -2.42. The van der Waals surface area contributed by atoms with E-state index in [0.717, 1.165) is 9.87 Å². The molecule has 2 aliphatic heterocycles. The van der Waals surface area contributed by atoms with Gasteiger partial charge < -0.3 is 19.3 Å². The molecule has 0 aromatic heterocycles. The number of methoxy groups -OCH3 is 2. The lowest BCUT2D eigenvalue weighted by atomic mass is 9.80. The van der Waals surface area contributed by atoms with Crippen LogP contribution in [0.2, 0.25) is 0 Å². The number of likely N-dealkylation sites (tertiary alicyclic amines) is 1. The van der Waals surface area contributed by atoms with E-state index >= 15 is 4.79 Å². The summed E-state index contributed by atoms with van der Waals surface area (Å²) >= 11 is 0. The molecule has 228 valence electrons. The molecule has 0 spiro atoms. The normalized spacial score (nSPS) is 20.4. The van der Waals surface area contributed by atoms with E-state index in [1.54, 1.807) is 50.5 Å². The number of carbonyl (C=O) groups is 2. The minimum Gasteiger partial charge on any atom is -0.497 e. The van der Waals surface area contributed by atoms with Gasteiger partial charge in [0.05, 0.1) is 30.8 Å². The van der Waals surface area contributed by atoms with E-state index in [4.69, 9.17) is 9.47 Å². The van der Waals surface area contributed by atoms with Crippen molar-refractivity contribution >= 4 is 27.5 Å². The molecule has 0 saturated carbocycles. The maximum Gasteiger partial charge on any atom is 0.271 e. The Balaban J connectivity index is 1.80. The number of fused-ring (bicyclic) bond motifs is 1. The zero-order chi connectivity index (χ0) is 31.1. The molecular formula is C32H38N4O6S. The second-order valence-electron chi connectivity index (χ2n) is 11.3. The number of ether oxygens (including phenoxy) is 2. The fourth-order valence-electron chi connectivity index (χ4n) is 6.33. The molecule has 3 aromatic carbocycles. The van der Waals surface area contributed by atoms with Crippen molar-refractivity contribution in [3.05, 3.63) is 83.4 Å². The van der Waals surface area contributed by atoms with Crippen molar-refractivity contribution in [3.8, 4) is 11.5 Å². The van der Waals surface area contributed by atoms with Crippen LogP contribution >= 0.6 is 0 Å². The van der Waals surface area contributed by atoms with Gasteiger partial charge in [-0.3, -0.25) is 14.5 Å². The molecule has 1 saturated heterocycles. The molecule has 0 bridgehead atoms. The number of anilines is 1. The summed E-state index contributed by atoms with van der Waals surface area (Å²) in [6.45, 7) is 1.04. The molecule has 0 N–H and O–H groups in total. The van der Waals surface area contributed by atoms with Gasteiger partial charge in [0.25, 0.3) is 15.9 Å². The van der Waals surface area contributed by atoms with E-state index in [1.807, 2.05) is 42.1 Å². The van der Waals surface area contributed by atoms with Crippen molar-refractivity contribution in [2.75, 3.05) is 53.3 Å². The Morgan fingerprint density at radius 2 is 1.65 bits per heavy atom. The zero-order valence-electron chi connectivity index (χ0n) is 25.4. The van der Waals surface area contributed by atoms with Gasteiger partial charge in [0.15, 0.2) is 5.54 Å². The molecule has 2 aliphatic rings. The van der Waals surface area contributed by atoms with E-state index in [2.05, 4.69) is 0 Å². The predicted molar refractivity (Wildman–Crippen MR) is 164 cm³/mol. The highest BCUT2D eigenvalue weighted by Crippen LogP contribution is 2.54. The van der Waals surface area contributed by atoms with Gasteiger partial charge in [-0.1, -0.05) is 30.3 Å². The summed E-state index contributed by atoms with van der Waals surface area (Å²) in [7, 11) is 5.96. The van der Waals surface area contributed by atoms with Crippen molar-refractivity contribution in [1.82, 2.24) is 14.7 Å². The zero-order valence-corrected chi connectivity index (χ0v) is 26.2. The third kappa shape index (κ3) is 4.95. The van der Waals surface area contributed by atoms with Crippen LogP contribution in [0.15, 0.2) is 71.6 Å². The first-order valence-corrected chi connectivity index (χ1v) is 15.6. The van der Waals surface area contributed by atoms with Crippen molar-refractivity contribution < 1.29 is 27.5 Å². The van der Waals surface area contributed by atoms with Crippen molar-refractivity contribution in [2.45, 2.75) is 35.9 Å². The summed E-state index contributed by atoms with van der Waals surface area (Å²) < 4.78 is 40.7. The number of rotatable bonds is 9. The highest BCUT2D eigenvalue weighted by molar-refractivity contribution is 7.93. The number of amides is 2. The summed E-state index contributed by atoms with van der Waals surface area (Å²) in [5.41, 5.74) is 0.524. The van der Waals surface area contributed by atoms with Crippen LogP contribution in [-0.4, -0.2) is 89.9 Å². The first-order chi connectivity index (χ1) is 20.5. The van der Waals surface area contributed by atoms with Gasteiger partial charge in [-0.05, 0) is 68.9 Å². The average molecular weight is 607 g/mol. The molecule has 3 aromatic rings. The van der Waals surface area contributed by atoms with Crippen LogP contribution in [0.4, 0.5) is 5.69 Å². The molecule has 0 radical (unpaired) electrons. The predicted octanol–water partition coefficient (Wildman–Crippen LogP) is 3.30. The smallest absolute Gasteiger partial charge is 0.271 e. The molecule has 0 aliphatic carbocycles. The number of nitrogens with zero attached hydrogens (tertiary/aromatic N) is 4. The number of hydrogen-bond acceptors (Lipinski definition) is 8. The Labute approximate surface area is 253 Å². The summed E-state index contributed by atoms with van der Waals surface area (Å²) in [6, 6.07) is 17.9. The largest absolute Gasteiger partial charge is 0.497 e. The topological polar surface area (TPSA) is 99.7 Å². The lowest BCUT2D eigenvalue weighted by Crippen LogP contribution is -2.59. The summed E-state index contributed by atoms with van der Waals surface area (Å²) in [5, 5.41) is 0. The SMILES string of the molecule is COc1ccc(S(=O)(=O)N2C(=O)[C@](c3ccc(CN(C)C)cc3OC)(N3CCCC3C(=O)N(C)C)c3ccccc32)cc1. The van der Waals surface area contributed by atoms with Gasteiger partial charge in [-0.25, -0.2) is 12.7 Å². The monoisotopic (exact) mass is 606 g/mol. The first-order valence-electron chi connectivity index (χ1n) is 14.1. The Kier molecular flexibility index (Phi) is 8.26. The van der Waals surface area contributed by atoms with Crippen molar-refractivity contribution in [2.24, 2.45) is 0 Å². The van der Waals surface area contributed by atoms with Gasteiger partial charge in [-0.2, -0.15) is 0 Å². The number of hydrogen-bond donors (Lipinski definition) is 0. The third-order valence-electron chi connectivity index (χ3n) is 8.17. The molecule has 11 heteroatoms. The van der Waals surface area contributed by atoms with Crippen molar-refractivity contribution in [1.29, 1.82) is 0 Å². The molecule has 10 nitrogen and oxygen atoms in total. The lowest BCUT2D eigenvalue weighted by molar-refractivity contribution is -0.138. The maximum atomic E-state index is 15.2. The number of carbonyl (C=O) groups excluding carboxylic acids is 2. The van der Waals surface area contributed by atoms with Gasteiger partial charge in [0.1, 0.15) is 11.5 Å². The summed E-state index contributed by atoms with van der Waals surface area (Å²) in [4.78, 5) is 34.1. The van der Waals surface area contributed by atoms with Crippen LogP contribution in [-0.2, 0) is 31.7 Å². The fourth-order valence-corrected chi connectivity index (χ4v) is 7.79. The first kappa shape index (κ1) is 30.5. The van der Waals surface area contributed by atoms with Gasteiger partial charge in [-0.15, -0.1) is 0 Å². The van der Waals surface area contributed by atoms with E-state index in [1.165, 1.54) is 31.3 Å². The molecule has 2 atom stereocenters. The standard InChI is InChI=1S/C32H38N4O6S/c1-33(2)21-22-13-18-26(29(20-22)42-6)32(35-19-9-12-28(35)30(37)34(3)4)25-10-7-8-11-27(25)36(31(32)38)43(39,40)24-16-14-23(41-5)15-17-24/h7-8,10-11,13-18,20,28H,9,12,19,21H2,1-6H3/t28?,32-/m0/s1. The van der Waals surface area contributed by atoms with Gasteiger partial charge in [0, 0.05) is 38.3 Å². The summed E-state index contributed by atoms with van der Waals surface area (Å²) in [6.07, 6.45) is 1.19. The molecular weight excluding hydrogens is 568 g/mol. The maximum absolute atomic E-state index is 15.2. The number of likely N-dealkylation sites (N-methyl/N-ethyl adjacent to an activating group) is 1. The van der Waals surface area contributed by atoms with Gasteiger partial charge in [0.2, 0.25) is 5.91 Å².